The third kappa shape index (κ3) is 1.86. The maximum absolute atomic E-state index is 12.7. The Bertz CT molecular complexity index is 817. The first-order valence-corrected chi connectivity index (χ1v) is 5.77. The quantitative estimate of drug-likeness (QED) is 0.680. The molecule has 0 radical (unpaired) electrons. The minimum Gasteiger partial charge on any atom is -0.372 e. The minimum absolute atomic E-state index is 0.165. The van der Waals surface area contributed by atoms with E-state index in [1.54, 1.807) is 0 Å². The van der Waals surface area contributed by atoms with Gasteiger partial charge in [0.2, 0.25) is 0 Å². The number of aromatic nitrogens is 1. The zero-order chi connectivity index (χ0) is 12.8. The molecular weight excluding hydrogens is 253 g/mol. The number of rotatable bonds is 1. The predicted octanol–water partition coefficient (Wildman–Crippen LogP) is 0.150. The second-order valence-electron chi connectivity index (χ2n) is 3.33. The molecule has 1 aromatic heterocycles. The van der Waals surface area contributed by atoms with E-state index in [1.165, 1.54) is 13.1 Å². The summed E-state index contributed by atoms with van der Waals surface area (Å²) < 4.78 is 39.4. The second kappa shape index (κ2) is 3.52. The molecule has 0 unspecified atom stereocenters. The van der Waals surface area contributed by atoms with Gasteiger partial charge in [-0.25, -0.2) is 9.59 Å². The Morgan fingerprint density at radius 1 is 1.29 bits per heavy atom. The van der Waals surface area contributed by atoms with Crippen molar-refractivity contribution in [1.82, 2.24) is 4.57 Å². The van der Waals surface area contributed by atoms with Crippen molar-refractivity contribution in [3.05, 3.63) is 39.2 Å². The van der Waals surface area contributed by atoms with Crippen molar-refractivity contribution in [3.63, 3.8) is 0 Å². The summed E-state index contributed by atoms with van der Waals surface area (Å²) in [5, 5.41) is -0.175. The van der Waals surface area contributed by atoms with E-state index in [0.717, 1.165) is 16.7 Å². The van der Waals surface area contributed by atoms with Crippen LogP contribution in [0.5, 0.6) is 0 Å². The SMILES string of the molecule is Cn1c(=O)oc(=O)c2cc(S(=O)(=O)F)ccc21. The molecule has 17 heavy (non-hydrogen) atoms. The molecule has 6 nitrogen and oxygen atoms in total. The van der Waals surface area contributed by atoms with Crippen molar-refractivity contribution in [2.75, 3.05) is 0 Å². The highest BCUT2D eigenvalue weighted by molar-refractivity contribution is 7.86. The van der Waals surface area contributed by atoms with Gasteiger partial charge in [-0.3, -0.25) is 4.57 Å². The van der Waals surface area contributed by atoms with Crippen molar-refractivity contribution >= 4 is 21.1 Å². The Morgan fingerprint density at radius 2 is 1.94 bits per heavy atom. The Kier molecular flexibility index (Phi) is 2.39. The van der Waals surface area contributed by atoms with Crippen LogP contribution in [-0.4, -0.2) is 13.0 Å². The van der Waals surface area contributed by atoms with Crippen LogP contribution in [0.1, 0.15) is 0 Å². The molecular formula is C9H6FNO5S. The molecule has 0 bridgehead atoms. The van der Waals surface area contributed by atoms with Gasteiger partial charge < -0.3 is 4.42 Å². The van der Waals surface area contributed by atoms with E-state index in [1.807, 2.05) is 0 Å². The summed E-state index contributed by atoms with van der Waals surface area (Å²) >= 11 is 0. The van der Waals surface area contributed by atoms with Crippen molar-refractivity contribution < 1.29 is 16.7 Å². The highest BCUT2D eigenvalue weighted by Crippen LogP contribution is 2.16. The molecule has 0 aliphatic heterocycles. The summed E-state index contributed by atoms with van der Waals surface area (Å²) in [7, 11) is -3.56. The van der Waals surface area contributed by atoms with Crippen LogP contribution in [0.4, 0.5) is 3.89 Å². The second-order valence-corrected chi connectivity index (χ2v) is 4.68. The smallest absolute Gasteiger partial charge is 0.372 e. The van der Waals surface area contributed by atoms with Crippen LogP contribution in [0.3, 0.4) is 0 Å². The maximum atomic E-state index is 12.7. The summed E-state index contributed by atoms with van der Waals surface area (Å²) in [6, 6.07) is 2.96. The third-order valence-electron chi connectivity index (χ3n) is 2.28. The van der Waals surface area contributed by atoms with E-state index in [9.17, 15) is 21.9 Å². The highest BCUT2D eigenvalue weighted by atomic mass is 32.3. The Balaban J connectivity index is 2.99. The van der Waals surface area contributed by atoms with E-state index in [4.69, 9.17) is 0 Å². The van der Waals surface area contributed by atoms with Crippen molar-refractivity contribution in [2.45, 2.75) is 4.90 Å². The first-order chi connectivity index (χ1) is 7.80. The van der Waals surface area contributed by atoms with Crippen molar-refractivity contribution in [1.29, 1.82) is 0 Å². The lowest BCUT2D eigenvalue weighted by Gasteiger charge is -2.02. The molecule has 90 valence electrons. The van der Waals surface area contributed by atoms with Gasteiger partial charge in [0.05, 0.1) is 15.8 Å². The molecule has 2 rings (SSSR count). The van der Waals surface area contributed by atoms with Gasteiger partial charge in [0.15, 0.2) is 0 Å². The molecule has 0 atom stereocenters. The lowest BCUT2D eigenvalue weighted by molar-refractivity contribution is 0.432. The molecule has 0 amide bonds. The molecule has 0 N–H and O–H groups in total. The van der Waals surface area contributed by atoms with Gasteiger partial charge in [-0.1, -0.05) is 0 Å². The molecule has 0 saturated carbocycles. The van der Waals surface area contributed by atoms with Crippen LogP contribution < -0.4 is 11.4 Å². The molecule has 0 saturated heterocycles. The van der Waals surface area contributed by atoms with Crippen LogP contribution in [0, 0.1) is 0 Å². The third-order valence-corrected chi connectivity index (χ3v) is 3.10. The molecule has 0 fully saturated rings. The molecule has 0 aliphatic carbocycles. The molecule has 1 heterocycles. The number of aryl methyl sites for hydroxylation is 1. The average Bonchev–Trinajstić information content (AvgIpc) is 2.24. The van der Waals surface area contributed by atoms with Gasteiger partial charge in [0, 0.05) is 7.05 Å². The summed E-state index contributed by atoms with van der Waals surface area (Å²) in [5.74, 6) is -0.877. The minimum atomic E-state index is -4.90. The standard InChI is InChI=1S/C9H6FNO5S/c1-11-7-3-2-5(17(10,14)15)4-6(7)8(12)16-9(11)13/h2-4H,1H3. The van der Waals surface area contributed by atoms with Gasteiger partial charge in [-0.15, -0.1) is 3.89 Å². The number of nitrogens with zero attached hydrogens (tertiary/aromatic N) is 1. The number of hydrogen-bond acceptors (Lipinski definition) is 5. The largest absolute Gasteiger partial charge is 0.422 e. The van der Waals surface area contributed by atoms with E-state index >= 15 is 0 Å². The lowest BCUT2D eigenvalue weighted by atomic mass is 10.2. The Labute approximate surface area is 94.1 Å². The first kappa shape index (κ1) is 11.5. The van der Waals surface area contributed by atoms with Crippen LogP contribution in [0.15, 0.2) is 37.1 Å². The van der Waals surface area contributed by atoms with Gasteiger partial charge in [0.25, 0.3) is 0 Å². The van der Waals surface area contributed by atoms with Crippen LogP contribution in [0.2, 0.25) is 0 Å². The van der Waals surface area contributed by atoms with Gasteiger partial charge in [-0.2, -0.15) is 8.42 Å². The highest BCUT2D eigenvalue weighted by Gasteiger charge is 2.15. The first-order valence-electron chi connectivity index (χ1n) is 4.39. The summed E-state index contributed by atoms with van der Waals surface area (Å²) in [6.45, 7) is 0. The number of hydrogen-bond donors (Lipinski definition) is 0. The lowest BCUT2D eigenvalue weighted by Crippen LogP contribution is -2.22. The maximum Gasteiger partial charge on any atom is 0.422 e. The fraction of sp³-hybridized carbons (Fsp3) is 0.111. The molecule has 1 aromatic carbocycles. The Hall–Kier alpha value is -1.96. The van der Waals surface area contributed by atoms with E-state index in [0.29, 0.717) is 0 Å². The summed E-state index contributed by atoms with van der Waals surface area (Å²) in [4.78, 5) is 21.8. The Morgan fingerprint density at radius 3 is 2.53 bits per heavy atom. The molecule has 0 spiro atoms. The van der Waals surface area contributed by atoms with Gasteiger partial charge in [0.1, 0.15) is 0 Å². The number of halogens is 1. The molecule has 2 aromatic rings. The van der Waals surface area contributed by atoms with Crippen LogP contribution in [0.25, 0.3) is 10.9 Å². The normalized spacial score (nSPS) is 11.9. The fourth-order valence-electron chi connectivity index (χ4n) is 1.42. The summed E-state index contributed by atoms with van der Waals surface area (Å²) in [6.07, 6.45) is 0. The molecule has 0 aliphatic rings. The average molecular weight is 259 g/mol. The van der Waals surface area contributed by atoms with Crippen LogP contribution >= 0.6 is 0 Å². The topological polar surface area (TPSA) is 86.3 Å². The monoisotopic (exact) mass is 259 g/mol. The molecule has 8 heteroatoms. The zero-order valence-corrected chi connectivity index (χ0v) is 9.32. The van der Waals surface area contributed by atoms with Gasteiger partial charge in [-0.05, 0) is 18.2 Å². The van der Waals surface area contributed by atoms with Gasteiger partial charge >= 0.3 is 21.6 Å². The van der Waals surface area contributed by atoms with E-state index in [2.05, 4.69) is 4.42 Å². The van der Waals surface area contributed by atoms with E-state index in [-0.39, 0.29) is 10.9 Å². The zero-order valence-electron chi connectivity index (χ0n) is 8.51. The fourth-order valence-corrected chi connectivity index (χ4v) is 1.91. The number of benzene rings is 1. The van der Waals surface area contributed by atoms with Crippen molar-refractivity contribution in [2.24, 2.45) is 7.05 Å². The number of fused-ring (bicyclic) bond motifs is 1. The predicted molar refractivity (Wildman–Crippen MR) is 56.0 cm³/mol. The van der Waals surface area contributed by atoms with Crippen LogP contribution in [-0.2, 0) is 17.3 Å². The van der Waals surface area contributed by atoms with Crippen molar-refractivity contribution in [3.8, 4) is 0 Å². The summed E-state index contributed by atoms with van der Waals surface area (Å²) in [5.41, 5.74) is -0.841. The van der Waals surface area contributed by atoms with E-state index < -0.39 is 26.5 Å².